The van der Waals surface area contributed by atoms with Gasteiger partial charge in [-0.05, 0) is 40.8 Å². The van der Waals surface area contributed by atoms with Crippen molar-refractivity contribution in [3.63, 3.8) is 0 Å². The van der Waals surface area contributed by atoms with Crippen LogP contribution < -0.4 is 15.8 Å². The van der Waals surface area contributed by atoms with Gasteiger partial charge in [-0.15, -0.1) is 0 Å². The number of carbonyl (C=O) groups excluding carboxylic acids is 3. The highest BCUT2D eigenvalue weighted by molar-refractivity contribution is 7.89. The summed E-state index contributed by atoms with van der Waals surface area (Å²) < 4.78 is 27.3. The van der Waals surface area contributed by atoms with E-state index in [1.54, 1.807) is 12.1 Å². The molecule has 4 N–H and O–H groups in total. The highest BCUT2D eigenvalue weighted by atomic mass is 32.2. The minimum absolute atomic E-state index is 0.0336. The molecule has 0 aromatic heterocycles. The molecule has 2 rings (SSSR count). The molecule has 2 aromatic rings. The second kappa shape index (κ2) is 10.4. The highest BCUT2D eigenvalue weighted by Gasteiger charge is 2.15. The molecule has 0 aliphatic rings. The summed E-state index contributed by atoms with van der Waals surface area (Å²) in [6.07, 6.45) is 0. The third-order valence-corrected chi connectivity index (χ3v) is 5.44. The topological polar surface area (TPSA) is 145 Å². The zero-order valence-electron chi connectivity index (χ0n) is 18.2. The van der Waals surface area contributed by atoms with E-state index < -0.39 is 34.4 Å². The molecule has 9 nitrogen and oxygen atoms in total. The van der Waals surface area contributed by atoms with Crippen molar-refractivity contribution in [2.75, 3.05) is 13.2 Å². The molecule has 2 amide bonds. The van der Waals surface area contributed by atoms with Gasteiger partial charge in [0.05, 0.1) is 4.90 Å². The first kappa shape index (κ1) is 25.0. The van der Waals surface area contributed by atoms with Crippen molar-refractivity contribution < 1.29 is 27.5 Å². The lowest BCUT2D eigenvalue weighted by atomic mass is 9.87. The van der Waals surface area contributed by atoms with Crippen LogP contribution in [-0.4, -0.2) is 39.4 Å². The maximum absolute atomic E-state index is 12.1. The first-order valence-corrected chi connectivity index (χ1v) is 11.3. The Morgan fingerprint density at radius 1 is 0.938 bits per heavy atom. The van der Waals surface area contributed by atoms with Crippen LogP contribution in [0.3, 0.4) is 0 Å². The van der Waals surface area contributed by atoms with E-state index in [9.17, 15) is 22.8 Å². The fourth-order valence-electron chi connectivity index (χ4n) is 2.62. The lowest BCUT2D eigenvalue weighted by molar-refractivity contribution is -0.147. The number of hydrogen-bond donors (Lipinski definition) is 3. The average molecular weight is 462 g/mol. The summed E-state index contributed by atoms with van der Waals surface area (Å²) in [6.45, 7) is 5.43. The molecule has 0 fully saturated rings. The Morgan fingerprint density at radius 3 is 2.06 bits per heavy atom. The zero-order valence-corrected chi connectivity index (χ0v) is 19.0. The molecule has 0 unspecified atom stereocenters. The summed E-state index contributed by atoms with van der Waals surface area (Å²) >= 11 is 0. The van der Waals surface area contributed by atoms with E-state index in [-0.39, 0.29) is 23.4 Å². The van der Waals surface area contributed by atoms with Crippen molar-refractivity contribution in [2.24, 2.45) is 5.14 Å². The second-order valence-electron chi connectivity index (χ2n) is 8.14. The van der Waals surface area contributed by atoms with Crippen LogP contribution in [0.4, 0.5) is 0 Å². The summed E-state index contributed by atoms with van der Waals surface area (Å²) in [5.41, 5.74) is 2.10. The van der Waals surface area contributed by atoms with Gasteiger partial charge in [0.1, 0.15) is 6.54 Å². The van der Waals surface area contributed by atoms with Crippen molar-refractivity contribution in [2.45, 2.75) is 37.6 Å². The molecule has 0 heterocycles. The van der Waals surface area contributed by atoms with Gasteiger partial charge >= 0.3 is 5.97 Å². The molecule has 0 spiro atoms. The summed E-state index contributed by atoms with van der Waals surface area (Å²) in [7, 11) is -3.78. The van der Waals surface area contributed by atoms with Crippen molar-refractivity contribution in [3.05, 3.63) is 65.2 Å². The van der Waals surface area contributed by atoms with Gasteiger partial charge in [-0.25, -0.2) is 13.6 Å². The maximum Gasteiger partial charge on any atom is 0.325 e. The second-order valence-corrected chi connectivity index (χ2v) is 9.70. The molecule has 0 saturated heterocycles. The molecule has 0 bridgehead atoms. The molecule has 0 aliphatic carbocycles. The van der Waals surface area contributed by atoms with Crippen LogP contribution in [0.25, 0.3) is 0 Å². The summed E-state index contributed by atoms with van der Waals surface area (Å²) in [6, 6.07) is 12.8. The van der Waals surface area contributed by atoms with Gasteiger partial charge in [0, 0.05) is 12.1 Å². The standard InChI is InChI=1S/C22H27N3O6S/c1-22(2,3)17-8-6-16(7-9-17)21(28)25-13-20(27)31-14-19(26)24-12-15-4-10-18(11-5-15)32(23,29)30/h4-11H,12-14H2,1-3H3,(H,24,26)(H,25,28)(H2,23,29,30). The van der Waals surface area contributed by atoms with Crippen LogP contribution in [0, 0.1) is 0 Å². The number of esters is 1. The number of nitrogens with two attached hydrogens (primary N) is 1. The monoisotopic (exact) mass is 461 g/mol. The van der Waals surface area contributed by atoms with Gasteiger partial charge in [0.15, 0.2) is 6.61 Å². The van der Waals surface area contributed by atoms with Crippen LogP contribution in [-0.2, 0) is 36.3 Å². The third kappa shape index (κ3) is 7.78. The highest BCUT2D eigenvalue weighted by Crippen LogP contribution is 2.22. The molecule has 0 aliphatic heterocycles. The maximum atomic E-state index is 12.1. The van der Waals surface area contributed by atoms with E-state index in [1.807, 2.05) is 12.1 Å². The predicted molar refractivity (Wildman–Crippen MR) is 118 cm³/mol. The molecule has 2 aromatic carbocycles. The number of nitrogens with one attached hydrogen (secondary N) is 2. The lowest BCUT2D eigenvalue weighted by Gasteiger charge is -2.19. The molecular weight excluding hydrogens is 434 g/mol. The molecule has 172 valence electrons. The Balaban J connectivity index is 1.72. The number of amides is 2. The Hall–Kier alpha value is -3.24. The van der Waals surface area contributed by atoms with Crippen LogP contribution in [0.15, 0.2) is 53.4 Å². The van der Waals surface area contributed by atoms with E-state index in [1.165, 1.54) is 24.3 Å². The smallest absolute Gasteiger partial charge is 0.325 e. The number of rotatable bonds is 8. The first-order chi connectivity index (χ1) is 14.9. The summed E-state index contributed by atoms with van der Waals surface area (Å²) in [5.74, 6) is -1.72. The largest absolute Gasteiger partial charge is 0.454 e. The van der Waals surface area contributed by atoms with E-state index in [2.05, 4.69) is 31.4 Å². The average Bonchev–Trinajstić information content (AvgIpc) is 2.73. The molecule has 32 heavy (non-hydrogen) atoms. The fourth-order valence-corrected chi connectivity index (χ4v) is 3.14. The minimum atomic E-state index is -3.78. The van der Waals surface area contributed by atoms with Crippen LogP contribution >= 0.6 is 0 Å². The van der Waals surface area contributed by atoms with Crippen molar-refractivity contribution in [1.29, 1.82) is 0 Å². The Bertz CT molecular complexity index is 1070. The van der Waals surface area contributed by atoms with Gasteiger partial charge in [0.2, 0.25) is 10.0 Å². The lowest BCUT2D eigenvalue weighted by Crippen LogP contribution is -2.33. The Labute approximate surface area is 187 Å². The van der Waals surface area contributed by atoms with Crippen molar-refractivity contribution in [3.8, 4) is 0 Å². The fraction of sp³-hybridized carbons (Fsp3) is 0.318. The first-order valence-electron chi connectivity index (χ1n) is 9.79. The Kier molecular flexibility index (Phi) is 8.12. The van der Waals surface area contributed by atoms with Gasteiger partial charge < -0.3 is 15.4 Å². The van der Waals surface area contributed by atoms with Gasteiger partial charge in [-0.3, -0.25) is 14.4 Å². The number of sulfonamides is 1. The molecular formula is C22H27N3O6S. The van der Waals surface area contributed by atoms with Crippen LogP contribution in [0.2, 0.25) is 0 Å². The summed E-state index contributed by atoms with van der Waals surface area (Å²) in [4.78, 5) is 35.7. The minimum Gasteiger partial charge on any atom is -0.454 e. The normalized spacial score (nSPS) is 11.5. The van der Waals surface area contributed by atoms with Crippen molar-refractivity contribution >= 4 is 27.8 Å². The van der Waals surface area contributed by atoms with Crippen LogP contribution in [0.1, 0.15) is 42.3 Å². The molecule has 0 radical (unpaired) electrons. The third-order valence-electron chi connectivity index (χ3n) is 4.51. The number of carbonyl (C=O) groups is 3. The van der Waals surface area contributed by atoms with E-state index in [4.69, 9.17) is 9.88 Å². The zero-order chi connectivity index (χ0) is 23.9. The summed E-state index contributed by atoms with van der Waals surface area (Å²) in [5, 5.41) is 10.0. The van der Waals surface area contributed by atoms with E-state index in [0.717, 1.165) is 5.56 Å². The Morgan fingerprint density at radius 2 is 1.53 bits per heavy atom. The van der Waals surface area contributed by atoms with Gasteiger partial charge in [-0.2, -0.15) is 0 Å². The number of benzene rings is 2. The molecule has 10 heteroatoms. The predicted octanol–water partition coefficient (Wildman–Crippen LogP) is 1.22. The molecule has 0 atom stereocenters. The quantitative estimate of drug-likeness (QED) is 0.504. The number of hydrogen-bond acceptors (Lipinski definition) is 6. The number of primary sulfonamides is 1. The van der Waals surface area contributed by atoms with E-state index in [0.29, 0.717) is 11.1 Å². The van der Waals surface area contributed by atoms with Gasteiger partial charge in [0.25, 0.3) is 11.8 Å². The van der Waals surface area contributed by atoms with Crippen molar-refractivity contribution in [1.82, 2.24) is 10.6 Å². The molecule has 0 saturated carbocycles. The van der Waals surface area contributed by atoms with Gasteiger partial charge in [-0.1, -0.05) is 45.0 Å². The van der Waals surface area contributed by atoms with Crippen LogP contribution in [0.5, 0.6) is 0 Å². The number of ether oxygens (including phenoxy) is 1. The van der Waals surface area contributed by atoms with E-state index >= 15 is 0 Å². The SMILES string of the molecule is CC(C)(C)c1ccc(C(=O)NCC(=O)OCC(=O)NCc2ccc(S(N)(=O)=O)cc2)cc1.